The number of hydrogen-bond donors (Lipinski definition) is 1. The zero-order valence-electron chi connectivity index (χ0n) is 13.6. The normalized spacial score (nSPS) is 14.2. The molecule has 0 aromatic carbocycles. The number of pyridine rings is 1. The van der Waals surface area contributed by atoms with Crippen LogP contribution >= 0.6 is 23.1 Å². The number of fused-ring (bicyclic) bond motifs is 1. The third-order valence-electron chi connectivity index (χ3n) is 4.20. The third kappa shape index (κ3) is 2.82. The minimum Gasteiger partial charge on any atom is -0.309 e. The zero-order valence-corrected chi connectivity index (χ0v) is 15.3. The molecule has 0 unspecified atom stereocenters. The van der Waals surface area contributed by atoms with Crippen LogP contribution in [-0.4, -0.2) is 29.7 Å². The monoisotopic (exact) mass is 382 g/mol. The highest BCUT2D eigenvalue weighted by Gasteiger charge is 2.30. The number of thioether (sulfide) groups is 1. The van der Waals surface area contributed by atoms with Gasteiger partial charge in [-0.25, -0.2) is 4.98 Å². The molecule has 0 atom stereocenters. The molecule has 1 fully saturated rings. The van der Waals surface area contributed by atoms with Gasteiger partial charge in [-0.15, -0.1) is 21.5 Å². The molecule has 5 rings (SSSR count). The first-order valence-electron chi connectivity index (χ1n) is 8.24. The van der Waals surface area contributed by atoms with Crippen LogP contribution in [0, 0.1) is 0 Å². The fourth-order valence-corrected chi connectivity index (χ4v) is 4.45. The van der Waals surface area contributed by atoms with E-state index >= 15 is 0 Å². The highest BCUT2D eigenvalue weighted by molar-refractivity contribution is 7.98. The number of nitrogens with one attached hydrogen (secondary N) is 1. The first-order valence-corrected chi connectivity index (χ1v) is 10.1. The van der Waals surface area contributed by atoms with Crippen molar-refractivity contribution in [3.63, 3.8) is 0 Å². The first kappa shape index (κ1) is 15.7. The highest BCUT2D eigenvalue weighted by Crippen LogP contribution is 2.41. The molecule has 4 aromatic rings. The summed E-state index contributed by atoms with van der Waals surface area (Å²) in [7, 11) is 0. The molecule has 4 heterocycles. The second kappa shape index (κ2) is 6.33. The lowest BCUT2D eigenvalue weighted by molar-refractivity contribution is 0.669. The predicted molar refractivity (Wildman–Crippen MR) is 101 cm³/mol. The summed E-state index contributed by atoms with van der Waals surface area (Å²) < 4.78 is 2.85. The van der Waals surface area contributed by atoms with Crippen LogP contribution in [0.5, 0.6) is 0 Å². The van der Waals surface area contributed by atoms with Gasteiger partial charge in [-0.2, -0.15) is 0 Å². The number of aromatic amines is 1. The van der Waals surface area contributed by atoms with Crippen LogP contribution in [-0.2, 0) is 5.75 Å². The average Bonchev–Trinajstić information content (AvgIpc) is 3.23. The maximum atomic E-state index is 12.1. The van der Waals surface area contributed by atoms with Gasteiger partial charge in [0.05, 0.1) is 11.3 Å². The first-order chi connectivity index (χ1) is 12.8. The number of nitrogens with zero attached hydrogens (tertiary/aromatic N) is 5. The maximum absolute atomic E-state index is 12.1. The third-order valence-corrected chi connectivity index (χ3v) is 6.05. The van der Waals surface area contributed by atoms with Crippen LogP contribution in [0.1, 0.15) is 24.7 Å². The van der Waals surface area contributed by atoms with Gasteiger partial charge in [-0.1, -0.05) is 11.8 Å². The van der Waals surface area contributed by atoms with E-state index in [1.165, 1.54) is 11.3 Å². The summed E-state index contributed by atoms with van der Waals surface area (Å²) in [5.41, 5.74) is 1.62. The van der Waals surface area contributed by atoms with Gasteiger partial charge < -0.3 is 4.98 Å². The van der Waals surface area contributed by atoms with Crippen molar-refractivity contribution in [1.29, 1.82) is 0 Å². The van der Waals surface area contributed by atoms with Gasteiger partial charge in [-0.05, 0) is 36.4 Å². The van der Waals surface area contributed by atoms with Gasteiger partial charge in [0.15, 0.2) is 11.0 Å². The van der Waals surface area contributed by atoms with Crippen molar-refractivity contribution in [2.45, 2.75) is 29.8 Å². The summed E-state index contributed by atoms with van der Waals surface area (Å²) in [6, 6.07) is 6.21. The van der Waals surface area contributed by atoms with E-state index in [0.29, 0.717) is 22.3 Å². The standard InChI is InChI=1S/C17H14N6OS2/c24-16-14-12(5-7-25-14)19-13(20-16)9-26-17-22-21-15(23(17)11-3-4-11)10-2-1-6-18-8-10/h1-2,5-8,11H,3-4,9H2,(H,19,20,24). The zero-order chi connectivity index (χ0) is 17.5. The average molecular weight is 382 g/mol. The number of aromatic nitrogens is 6. The molecule has 9 heteroatoms. The SMILES string of the molecule is O=c1[nH]c(CSc2nnc(-c3cccnc3)n2C2CC2)nc2ccsc12. The van der Waals surface area contributed by atoms with E-state index in [2.05, 4.69) is 29.7 Å². The molecule has 0 radical (unpaired) electrons. The molecule has 0 aliphatic heterocycles. The molecule has 1 N–H and O–H groups in total. The van der Waals surface area contributed by atoms with Crippen molar-refractivity contribution in [3.05, 3.63) is 52.2 Å². The summed E-state index contributed by atoms with van der Waals surface area (Å²) in [6.45, 7) is 0. The molecule has 1 aliphatic rings. The Kier molecular flexibility index (Phi) is 3.83. The molecule has 0 spiro atoms. The molecular weight excluding hydrogens is 368 g/mol. The van der Waals surface area contributed by atoms with Crippen LogP contribution in [0.3, 0.4) is 0 Å². The second-order valence-electron chi connectivity index (χ2n) is 6.09. The van der Waals surface area contributed by atoms with Crippen LogP contribution < -0.4 is 5.56 Å². The largest absolute Gasteiger partial charge is 0.309 e. The summed E-state index contributed by atoms with van der Waals surface area (Å²) in [5, 5.41) is 11.5. The van der Waals surface area contributed by atoms with Gasteiger partial charge in [0.25, 0.3) is 5.56 Å². The van der Waals surface area contributed by atoms with E-state index in [4.69, 9.17) is 0 Å². The summed E-state index contributed by atoms with van der Waals surface area (Å²) in [6.07, 6.45) is 5.82. The maximum Gasteiger partial charge on any atom is 0.268 e. The molecule has 4 aromatic heterocycles. The highest BCUT2D eigenvalue weighted by atomic mass is 32.2. The Labute approximate surface area is 156 Å². The number of hydrogen-bond acceptors (Lipinski definition) is 7. The van der Waals surface area contributed by atoms with Gasteiger partial charge in [0.1, 0.15) is 10.5 Å². The summed E-state index contributed by atoms with van der Waals surface area (Å²) in [5.74, 6) is 2.04. The van der Waals surface area contributed by atoms with Gasteiger partial charge in [-0.3, -0.25) is 14.3 Å². The second-order valence-corrected chi connectivity index (χ2v) is 7.94. The molecule has 0 bridgehead atoms. The van der Waals surface area contributed by atoms with Crippen LogP contribution in [0.2, 0.25) is 0 Å². The quantitative estimate of drug-likeness (QED) is 0.533. The number of thiophene rings is 1. The molecule has 0 saturated heterocycles. The Balaban J connectivity index is 1.45. The van der Waals surface area contributed by atoms with Crippen molar-refractivity contribution in [2.24, 2.45) is 0 Å². The van der Waals surface area contributed by atoms with Crippen LogP contribution in [0.25, 0.3) is 21.6 Å². The van der Waals surface area contributed by atoms with E-state index in [-0.39, 0.29) is 5.56 Å². The Hall–Kier alpha value is -2.52. The molecule has 130 valence electrons. The van der Waals surface area contributed by atoms with Gasteiger partial charge in [0, 0.05) is 24.0 Å². The summed E-state index contributed by atoms with van der Waals surface area (Å²) >= 11 is 2.95. The Bertz CT molecular complexity index is 1130. The molecule has 26 heavy (non-hydrogen) atoms. The molecular formula is C17H14N6OS2. The fraction of sp³-hybridized carbons (Fsp3) is 0.235. The lowest BCUT2D eigenvalue weighted by Gasteiger charge is -2.08. The van der Waals surface area contributed by atoms with Gasteiger partial charge >= 0.3 is 0 Å². The van der Waals surface area contributed by atoms with E-state index in [1.807, 2.05) is 23.6 Å². The van der Waals surface area contributed by atoms with E-state index in [9.17, 15) is 4.79 Å². The van der Waals surface area contributed by atoms with Crippen LogP contribution in [0.15, 0.2) is 45.9 Å². The van der Waals surface area contributed by atoms with Crippen molar-refractivity contribution < 1.29 is 0 Å². The minimum atomic E-state index is -0.0830. The predicted octanol–water partition coefficient (Wildman–Crippen LogP) is 3.27. The smallest absolute Gasteiger partial charge is 0.268 e. The van der Waals surface area contributed by atoms with E-state index in [1.54, 1.807) is 24.2 Å². The Morgan fingerprint density at radius 1 is 1.31 bits per heavy atom. The summed E-state index contributed by atoms with van der Waals surface area (Å²) in [4.78, 5) is 23.7. The van der Waals surface area contributed by atoms with Crippen molar-refractivity contribution in [2.75, 3.05) is 0 Å². The Morgan fingerprint density at radius 2 is 2.23 bits per heavy atom. The number of H-pyrrole nitrogens is 1. The van der Waals surface area contributed by atoms with E-state index in [0.717, 1.165) is 34.9 Å². The minimum absolute atomic E-state index is 0.0830. The van der Waals surface area contributed by atoms with Crippen molar-refractivity contribution in [3.8, 4) is 11.4 Å². The lowest BCUT2D eigenvalue weighted by Crippen LogP contribution is -2.09. The molecule has 1 aliphatic carbocycles. The fourth-order valence-electron chi connectivity index (χ4n) is 2.85. The number of rotatable bonds is 5. The molecule has 0 amide bonds. The lowest BCUT2D eigenvalue weighted by atomic mass is 10.3. The molecule has 7 nitrogen and oxygen atoms in total. The van der Waals surface area contributed by atoms with Gasteiger partial charge in [0.2, 0.25) is 0 Å². The topological polar surface area (TPSA) is 89.4 Å². The van der Waals surface area contributed by atoms with Crippen molar-refractivity contribution >= 4 is 33.3 Å². The molecule has 1 saturated carbocycles. The Morgan fingerprint density at radius 3 is 3.04 bits per heavy atom. The van der Waals surface area contributed by atoms with Crippen molar-refractivity contribution in [1.82, 2.24) is 29.7 Å². The van der Waals surface area contributed by atoms with Crippen LogP contribution in [0.4, 0.5) is 0 Å². The van der Waals surface area contributed by atoms with E-state index < -0.39 is 0 Å².